The third-order valence-corrected chi connectivity index (χ3v) is 14.6. The van der Waals surface area contributed by atoms with Crippen LogP contribution in [0.1, 0.15) is 33.1 Å². The van der Waals surface area contributed by atoms with Crippen molar-refractivity contribution in [2.45, 2.75) is 216 Å². The largest absolute Gasteiger partial charge is 0.483 e. The van der Waals surface area contributed by atoms with E-state index in [-0.39, 0.29) is 52.5 Å². The molecule has 1 heterocycles. The first-order valence-corrected chi connectivity index (χ1v) is 33.1. The lowest BCUT2D eigenvalue weighted by Gasteiger charge is -2.37. The number of nitrogens with zero attached hydrogens (tertiary/aromatic N) is 4. The fraction of sp³-hybridized carbons (Fsp3) is 1.00. The van der Waals surface area contributed by atoms with Crippen LogP contribution in [0.4, 0.5) is 237 Å². The van der Waals surface area contributed by atoms with Gasteiger partial charge in [0, 0.05) is 98.2 Å². The van der Waals surface area contributed by atoms with Crippen molar-refractivity contribution in [2.24, 2.45) is 0 Å². The van der Waals surface area contributed by atoms with Crippen LogP contribution in [-0.2, 0) is 71.1 Å². The number of rotatable bonds is 56. The molecule has 0 spiro atoms. The maximum Gasteiger partial charge on any atom is 0.483 e. The molecule has 1 fully saturated rings. The summed E-state index contributed by atoms with van der Waals surface area (Å²) in [6.45, 7) is -9.06. The number of hydrogen-bond acceptors (Lipinski definition) is 23. The van der Waals surface area contributed by atoms with Gasteiger partial charge < -0.3 is 34.6 Å². The molecule has 4 N–H and O–H groups in total. The van der Waals surface area contributed by atoms with Crippen molar-refractivity contribution in [3.8, 4) is 0 Å². The Balaban J connectivity index is 3.51. The zero-order chi connectivity index (χ0) is 103. The highest BCUT2D eigenvalue weighted by molar-refractivity contribution is 4.87. The maximum atomic E-state index is 14.8. The van der Waals surface area contributed by atoms with E-state index in [1.54, 1.807) is 0 Å². The average Bonchev–Trinajstić information content (AvgIpc) is 0.746. The van der Waals surface area contributed by atoms with Gasteiger partial charge in [-0.3, -0.25) is 19.6 Å². The van der Waals surface area contributed by atoms with Crippen molar-refractivity contribution >= 4 is 0 Å². The van der Waals surface area contributed by atoms with Crippen LogP contribution in [0, 0.1) is 0 Å². The van der Waals surface area contributed by atoms with Gasteiger partial charge in [-0.1, -0.05) is 0 Å². The summed E-state index contributed by atoms with van der Waals surface area (Å²) < 4.78 is 772. The Kier molecular flexibility index (Phi) is 40.1. The average molecular weight is 2080 g/mol. The van der Waals surface area contributed by atoms with E-state index in [0.717, 1.165) is 33.5 Å². The predicted molar refractivity (Wildman–Crippen MR) is 291 cm³/mol. The zero-order valence-corrected chi connectivity index (χ0v) is 62.3. The maximum absolute atomic E-state index is 14.8. The Morgan fingerprint density at radius 2 is 0.362 bits per heavy atom. The fourth-order valence-corrected chi connectivity index (χ4v) is 8.48. The molecule has 1 rings (SSSR count). The Bertz CT molecular complexity index is 3230. The van der Waals surface area contributed by atoms with E-state index >= 15 is 0 Å². The van der Waals surface area contributed by atoms with Crippen molar-refractivity contribution in [2.75, 3.05) is 118 Å². The molecule has 1 saturated heterocycles. The molecule has 0 bridgehead atoms. The molecule has 0 radical (unpaired) electrons. The van der Waals surface area contributed by atoms with Crippen molar-refractivity contribution in [1.29, 1.82) is 0 Å². The molecule has 780 valence electrons. The van der Waals surface area contributed by atoms with E-state index in [1.807, 2.05) is 0 Å². The number of ether oxygens (including phenoxy) is 15. The monoisotopic (exact) mass is 2080 g/mol. The number of aliphatic hydroxyl groups excluding tert-OH is 4. The standard InChI is InChI=1S/C53H56F54N4O19/c1-3-116-20-25(113)17-109-10-8-108(16-24(112)6-5-7-28(54,55)119-34(68,69)36(72,73)123-42(84,85)44(88,89)127-50(100,101)52(104,105)129-48(96,97)46(92,93)125-40(80,81)38(76,77)121-32(64,65)30(58,59)60)9-11-111(15-14-110(13-12-109)18-26(114)21-117-4-2)19-27(115)22-118-23-29(56,57)120-35(70,71)37(74,75)124-43(86,87)45(90,91)128-51(102,103)53(106,107)130-49(98,99)47(94,95)126-41(82,83)39(78,79)122-33(66,67)31(61,62)63/h24-27,112-115H,3-23H2,1-2H3. The molecule has 0 aromatic rings. The second-order valence-corrected chi connectivity index (χ2v) is 25.4. The Morgan fingerprint density at radius 1 is 0.208 bits per heavy atom. The van der Waals surface area contributed by atoms with Crippen LogP contribution in [0.25, 0.3) is 0 Å². The van der Waals surface area contributed by atoms with E-state index in [2.05, 4.69) is 14.2 Å². The molecule has 0 saturated carbocycles. The van der Waals surface area contributed by atoms with E-state index in [1.165, 1.54) is 47.3 Å². The predicted octanol–water partition coefficient (Wildman–Crippen LogP) is 15.5. The lowest BCUT2D eigenvalue weighted by atomic mass is 10.1. The summed E-state index contributed by atoms with van der Waals surface area (Å²) in [5.74, 6) is 0. The van der Waals surface area contributed by atoms with Gasteiger partial charge in [0.15, 0.2) is 0 Å². The molecule has 4 atom stereocenters. The van der Waals surface area contributed by atoms with Gasteiger partial charge in [0.05, 0.1) is 44.2 Å². The molecule has 0 aromatic heterocycles. The van der Waals surface area contributed by atoms with Gasteiger partial charge in [0.1, 0.15) is 6.61 Å². The minimum absolute atomic E-state index is 0.0213. The summed E-state index contributed by atoms with van der Waals surface area (Å²) in [5, 5.41) is 43.0. The lowest BCUT2D eigenvalue weighted by Crippen LogP contribution is -2.62. The number of hydrogen-bond donors (Lipinski definition) is 4. The minimum atomic E-state index is -8.50. The second-order valence-electron chi connectivity index (χ2n) is 25.4. The molecule has 1 aliphatic rings. The van der Waals surface area contributed by atoms with Gasteiger partial charge >= 0.3 is 159 Å². The molecular weight excluding hydrogens is 2020 g/mol. The molecule has 4 unspecified atom stereocenters. The van der Waals surface area contributed by atoms with Crippen LogP contribution >= 0.6 is 0 Å². The lowest BCUT2D eigenvalue weighted by molar-refractivity contribution is -0.595. The highest BCUT2D eigenvalue weighted by atomic mass is 19.5. The molecule has 0 aromatic carbocycles. The first-order valence-electron chi connectivity index (χ1n) is 33.1. The third kappa shape index (κ3) is 33.9. The van der Waals surface area contributed by atoms with Crippen molar-refractivity contribution in [3.63, 3.8) is 0 Å². The number of aliphatic hydroxyl groups is 4. The molecule has 130 heavy (non-hydrogen) atoms. The van der Waals surface area contributed by atoms with E-state index in [0.29, 0.717) is 0 Å². The molecule has 77 heteroatoms. The topological polar surface area (TPSA) is 232 Å². The van der Waals surface area contributed by atoms with Crippen molar-refractivity contribution < 1.29 is 329 Å². The fourth-order valence-electron chi connectivity index (χ4n) is 8.48. The summed E-state index contributed by atoms with van der Waals surface area (Å²) in [6.07, 6.45) is -221. The summed E-state index contributed by atoms with van der Waals surface area (Å²) in [4.78, 5) is 4.81. The van der Waals surface area contributed by atoms with Crippen molar-refractivity contribution in [1.82, 2.24) is 19.6 Å². The van der Waals surface area contributed by atoms with Gasteiger partial charge in [-0.15, -0.1) is 0 Å². The van der Waals surface area contributed by atoms with E-state index in [9.17, 15) is 258 Å². The van der Waals surface area contributed by atoms with Gasteiger partial charge in [-0.25, -0.2) is 56.8 Å². The first kappa shape index (κ1) is 123. The summed E-state index contributed by atoms with van der Waals surface area (Å²) in [7, 11) is 0. The quantitative estimate of drug-likeness (QED) is 0.0415. The van der Waals surface area contributed by atoms with Gasteiger partial charge in [-0.05, 0) is 26.7 Å². The Hall–Kier alpha value is -4.70. The highest BCUT2D eigenvalue weighted by Gasteiger charge is 2.84. The molecule has 0 aliphatic carbocycles. The summed E-state index contributed by atoms with van der Waals surface area (Å²) in [5.41, 5.74) is 0. The zero-order valence-electron chi connectivity index (χ0n) is 62.3. The highest BCUT2D eigenvalue weighted by Crippen LogP contribution is 2.59. The number of halogens is 54. The van der Waals surface area contributed by atoms with E-state index in [4.69, 9.17) is 9.47 Å². The van der Waals surface area contributed by atoms with E-state index < -0.39 is 268 Å². The molecule has 0 amide bonds. The normalized spacial score (nSPS) is 18.4. The smallest absolute Gasteiger partial charge is 0.392 e. The van der Waals surface area contributed by atoms with Crippen LogP contribution in [0.15, 0.2) is 0 Å². The molecular formula is C53H56F54N4O19. The molecule has 1 aliphatic heterocycles. The third-order valence-electron chi connectivity index (χ3n) is 14.6. The SMILES string of the molecule is CCOCC(O)CN1CCN(CC(O)CCCC(F)(F)OC(F)(F)C(F)(F)OC(F)(F)C(F)(F)OC(F)(F)C(F)(F)OC(F)(F)C(F)(F)OC(F)(F)C(F)(F)OC(F)(F)C(F)(F)F)CCN(CC(O)COCC(F)(F)OC(F)(F)C(F)(F)OC(F)(F)C(F)(F)OC(F)(F)C(F)(F)OC(F)(F)C(F)(F)OC(F)(F)C(F)(F)OC(F)(F)C(F)(F)F)CCN(CC(O)COCC)CC1. The summed E-state index contributed by atoms with van der Waals surface area (Å²) >= 11 is 0. The van der Waals surface area contributed by atoms with Crippen LogP contribution in [0.2, 0.25) is 0 Å². The van der Waals surface area contributed by atoms with Gasteiger partial charge in [-0.2, -0.15) is 237 Å². The number of β-amino-alcohol motifs (C(OH)–C–C–N with tert-alkyl or cyclic N) is 4. The minimum Gasteiger partial charge on any atom is -0.392 e. The van der Waals surface area contributed by atoms with Gasteiger partial charge in [0.25, 0.3) is 0 Å². The van der Waals surface area contributed by atoms with Crippen LogP contribution in [0.3, 0.4) is 0 Å². The molecule has 23 nitrogen and oxygen atoms in total. The van der Waals surface area contributed by atoms with Crippen LogP contribution in [0.5, 0.6) is 0 Å². The number of alkyl halides is 54. The van der Waals surface area contributed by atoms with Gasteiger partial charge in [0.2, 0.25) is 0 Å². The van der Waals surface area contributed by atoms with Crippen LogP contribution in [-0.4, -0.2) is 342 Å². The second kappa shape index (κ2) is 42.3. The van der Waals surface area contributed by atoms with Crippen LogP contribution < -0.4 is 0 Å². The Labute approximate surface area is 683 Å². The first-order chi connectivity index (χ1) is 57.1. The summed E-state index contributed by atoms with van der Waals surface area (Å²) in [6, 6.07) is 0. The van der Waals surface area contributed by atoms with Crippen molar-refractivity contribution in [3.05, 3.63) is 0 Å². The Morgan fingerprint density at radius 3 is 0.538 bits per heavy atom.